The van der Waals surface area contributed by atoms with Gasteiger partial charge in [-0.1, -0.05) is 26.2 Å². The van der Waals surface area contributed by atoms with Gasteiger partial charge in [0.1, 0.15) is 0 Å². The SMILES string of the molecule is CCCCCC(C)(CN)N1CCCC(COC)C1. The topological polar surface area (TPSA) is 38.5 Å². The zero-order valence-corrected chi connectivity index (χ0v) is 12.6. The number of likely N-dealkylation sites (tertiary alicyclic amines) is 1. The largest absolute Gasteiger partial charge is 0.384 e. The van der Waals surface area contributed by atoms with Crippen LogP contribution in [0.2, 0.25) is 0 Å². The highest BCUT2D eigenvalue weighted by atomic mass is 16.5. The second kappa shape index (κ2) is 8.13. The van der Waals surface area contributed by atoms with Crippen LogP contribution >= 0.6 is 0 Å². The first-order valence-corrected chi connectivity index (χ1v) is 7.60. The third-order valence-corrected chi connectivity index (χ3v) is 4.44. The average Bonchev–Trinajstić information content (AvgIpc) is 2.39. The second-order valence-electron chi connectivity index (χ2n) is 6.07. The van der Waals surface area contributed by atoms with Gasteiger partial charge in [0.05, 0.1) is 6.61 Å². The number of nitrogens with zero attached hydrogens (tertiary/aromatic N) is 1. The molecular formula is C15H32N2O. The highest BCUT2D eigenvalue weighted by molar-refractivity contribution is 4.90. The molecule has 2 unspecified atom stereocenters. The Bertz CT molecular complexity index is 221. The van der Waals surface area contributed by atoms with E-state index in [0.29, 0.717) is 5.92 Å². The first-order valence-electron chi connectivity index (χ1n) is 7.60. The summed E-state index contributed by atoms with van der Waals surface area (Å²) in [6.45, 7) is 8.64. The molecule has 0 aromatic rings. The van der Waals surface area contributed by atoms with Gasteiger partial charge in [-0.3, -0.25) is 4.90 Å². The van der Waals surface area contributed by atoms with Crippen molar-refractivity contribution >= 4 is 0 Å². The molecule has 1 rings (SSSR count). The van der Waals surface area contributed by atoms with Crippen LogP contribution in [0.15, 0.2) is 0 Å². The van der Waals surface area contributed by atoms with Crippen molar-refractivity contribution in [2.75, 3.05) is 33.4 Å². The standard InChI is InChI=1S/C15H32N2O/c1-4-5-6-9-15(2,13-16)17-10-7-8-14(11-17)12-18-3/h14H,4-13,16H2,1-3H3. The fourth-order valence-corrected chi connectivity index (χ4v) is 3.07. The molecule has 3 nitrogen and oxygen atoms in total. The summed E-state index contributed by atoms with van der Waals surface area (Å²) in [5.74, 6) is 0.695. The number of rotatable bonds is 8. The van der Waals surface area contributed by atoms with E-state index in [9.17, 15) is 0 Å². The van der Waals surface area contributed by atoms with Gasteiger partial charge in [0.25, 0.3) is 0 Å². The molecule has 0 amide bonds. The predicted molar refractivity (Wildman–Crippen MR) is 77.8 cm³/mol. The lowest BCUT2D eigenvalue weighted by atomic mass is 9.88. The molecule has 1 aliphatic rings. The Morgan fingerprint density at radius 1 is 1.39 bits per heavy atom. The molecule has 1 aliphatic heterocycles. The maximum Gasteiger partial charge on any atom is 0.0502 e. The smallest absolute Gasteiger partial charge is 0.0502 e. The van der Waals surface area contributed by atoms with Crippen LogP contribution in [-0.4, -0.2) is 43.8 Å². The third-order valence-electron chi connectivity index (χ3n) is 4.44. The number of methoxy groups -OCH3 is 1. The number of hydrogen-bond acceptors (Lipinski definition) is 3. The zero-order chi connectivity index (χ0) is 13.4. The van der Waals surface area contributed by atoms with Crippen molar-refractivity contribution in [1.82, 2.24) is 4.90 Å². The van der Waals surface area contributed by atoms with Gasteiger partial charge in [0, 0.05) is 25.7 Å². The molecule has 18 heavy (non-hydrogen) atoms. The van der Waals surface area contributed by atoms with Crippen molar-refractivity contribution in [3.8, 4) is 0 Å². The number of piperidine rings is 1. The van der Waals surface area contributed by atoms with Crippen molar-refractivity contribution in [1.29, 1.82) is 0 Å². The van der Waals surface area contributed by atoms with Crippen LogP contribution < -0.4 is 5.73 Å². The van der Waals surface area contributed by atoms with E-state index in [2.05, 4.69) is 18.7 Å². The summed E-state index contributed by atoms with van der Waals surface area (Å²) in [4.78, 5) is 2.62. The van der Waals surface area contributed by atoms with Crippen LogP contribution in [0.25, 0.3) is 0 Å². The first-order chi connectivity index (χ1) is 8.66. The van der Waals surface area contributed by atoms with Crippen LogP contribution in [-0.2, 0) is 4.74 Å². The minimum Gasteiger partial charge on any atom is -0.384 e. The number of unbranched alkanes of at least 4 members (excludes halogenated alkanes) is 2. The summed E-state index contributed by atoms with van der Waals surface area (Å²) in [7, 11) is 1.81. The van der Waals surface area contributed by atoms with Gasteiger partial charge in [-0.15, -0.1) is 0 Å². The molecule has 0 spiro atoms. The van der Waals surface area contributed by atoms with E-state index in [4.69, 9.17) is 10.5 Å². The minimum absolute atomic E-state index is 0.196. The van der Waals surface area contributed by atoms with Crippen molar-refractivity contribution < 1.29 is 4.74 Å². The lowest BCUT2D eigenvalue weighted by molar-refractivity contribution is 0.0254. The Hall–Kier alpha value is -0.120. The summed E-state index contributed by atoms with van der Waals surface area (Å²) in [6.07, 6.45) is 7.74. The molecule has 2 N–H and O–H groups in total. The zero-order valence-electron chi connectivity index (χ0n) is 12.6. The van der Waals surface area contributed by atoms with E-state index >= 15 is 0 Å². The van der Waals surface area contributed by atoms with Crippen LogP contribution in [0, 0.1) is 5.92 Å². The molecule has 0 saturated carbocycles. The third kappa shape index (κ3) is 4.52. The molecule has 2 atom stereocenters. The molecule has 0 aliphatic carbocycles. The average molecular weight is 256 g/mol. The lowest BCUT2D eigenvalue weighted by Crippen LogP contribution is -2.55. The monoisotopic (exact) mass is 256 g/mol. The van der Waals surface area contributed by atoms with E-state index in [1.807, 2.05) is 7.11 Å². The van der Waals surface area contributed by atoms with E-state index in [-0.39, 0.29) is 5.54 Å². The van der Waals surface area contributed by atoms with Gasteiger partial charge in [0.15, 0.2) is 0 Å². The van der Waals surface area contributed by atoms with Gasteiger partial charge in [0.2, 0.25) is 0 Å². The molecule has 1 heterocycles. The number of hydrogen-bond donors (Lipinski definition) is 1. The Morgan fingerprint density at radius 2 is 2.17 bits per heavy atom. The number of nitrogens with two attached hydrogens (primary N) is 1. The molecule has 0 bridgehead atoms. The van der Waals surface area contributed by atoms with Gasteiger partial charge in [-0.05, 0) is 38.6 Å². The molecule has 3 heteroatoms. The summed E-state index contributed by atoms with van der Waals surface area (Å²) in [6, 6.07) is 0. The highest BCUT2D eigenvalue weighted by Gasteiger charge is 2.33. The lowest BCUT2D eigenvalue weighted by Gasteiger charge is -2.45. The number of ether oxygens (including phenoxy) is 1. The molecule has 1 fully saturated rings. The van der Waals surface area contributed by atoms with Crippen molar-refractivity contribution in [3.63, 3.8) is 0 Å². The molecule has 108 valence electrons. The minimum atomic E-state index is 0.196. The summed E-state index contributed by atoms with van der Waals surface area (Å²) in [5.41, 5.74) is 6.26. The van der Waals surface area contributed by atoms with Crippen molar-refractivity contribution in [2.45, 2.75) is 57.9 Å². The second-order valence-corrected chi connectivity index (χ2v) is 6.07. The Balaban J connectivity index is 2.51. The summed E-state index contributed by atoms with van der Waals surface area (Å²) < 4.78 is 5.32. The van der Waals surface area contributed by atoms with Crippen molar-refractivity contribution in [3.05, 3.63) is 0 Å². The first kappa shape index (κ1) is 15.9. The quantitative estimate of drug-likeness (QED) is 0.679. The van der Waals surface area contributed by atoms with E-state index in [0.717, 1.165) is 19.7 Å². The van der Waals surface area contributed by atoms with Crippen LogP contribution in [0.5, 0.6) is 0 Å². The summed E-state index contributed by atoms with van der Waals surface area (Å²) >= 11 is 0. The Kier molecular flexibility index (Phi) is 7.20. The normalized spacial score (nSPS) is 25.0. The molecular weight excluding hydrogens is 224 g/mol. The van der Waals surface area contributed by atoms with E-state index in [1.54, 1.807) is 0 Å². The van der Waals surface area contributed by atoms with E-state index in [1.165, 1.54) is 45.1 Å². The van der Waals surface area contributed by atoms with Gasteiger partial charge < -0.3 is 10.5 Å². The molecule has 1 saturated heterocycles. The van der Waals surface area contributed by atoms with Crippen LogP contribution in [0.3, 0.4) is 0 Å². The molecule has 0 aromatic heterocycles. The fourth-order valence-electron chi connectivity index (χ4n) is 3.07. The highest BCUT2D eigenvalue weighted by Crippen LogP contribution is 2.27. The van der Waals surface area contributed by atoms with E-state index < -0.39 is 0 Å². The Morgan fingerprint density at radius 3 is 2.78 bits per heavy atom. The van der Waals surface area contributed by atoms with Gasteiger partial charge >= 0.3 is 0 Å². The molecule has 0 aromatic carbocycles. The fraction of sp³-hybridized carbons (Fsp3) is 1.00. The summed E-state index contributed by atoms with van der Waals surface area (Å²) in [5, 5.41) is 0. The van der Waals surface area contributed by atoms with Gasteiger partial charge in [-0.2, -0.15) is 0 Å². The van der Waals surface area contributed by atoms with Crippen molar-refractivity contribution in [2.24, 2.45) is 11.7 Å². The van der Waals surface area contributed by atoms with Crippen LogP contribution in [0.1, 0.15) is 52.4 Å². The van der Waals surface area contributed by atoms with Gasteiger partial charge in [-0.25, -0.2) is 0 Å². The Labute approximate surface area is 113 Å². The van der Waals surface area contributed by atoms with Crippen LogP contribution in [0.4, 0.5) is 0 Å². The predicted octanol–water partition coefficient (Wildman–Crippen LogP) is 2.64. The maximum absolute atomic E-state index is 6.07. The molecule has 0 radical (unpaired) electrons. The maximum atomic E-state index is 6.07.